The Morgan fingerprint density at radius 2 is 2.05 bits per heavy atom. The predicted octanol–water partition coefficient (Wildman–Crippen LogP) is 0.964. The lowest BCUT2D eigenvalue weighted by molar-refractivity contribution is -0.147. The molecular formula is C14H16N2O5. The molecule has 2 aromatic rings. The molecule has 0 radical (unpaired) electrons. The fourth-order valence-corrected chi connectivity index (χ4v) is 1.95. The molecule has 0 fully saturated rings. The van der Waals surface area contributed by atoms with Crippen molar-refractivity contribution in [3.8, 4) is 0 Å². The average molecular weight is 292 g/mol. The molecule has 1 aromatic carbocycles. The summed E-state index contributed by atoms with van der Waals surface area (Å²) in [5.74, 6) is -2.34. The number of aromatic nitrogens is 1. The molecule has 2 N–H and O–H groups in total. The molecule has 0 saturated carbocycles. The topological polar surface area (TPSA) is 102 Å². The third-order valence-electron chi connectivity index (χ3n) is 3.47. The largest absolute Gasteiger partial charge is 0.480 e. The van der Waals surface area contributed by atoms with Crippen molar-refractivity contribution in [3.05, 3.63) is 34.8 Å². The third-order valence-corrected chi connectivity index (χ3v) is 3.47. The molecule has 1 atom stereocenters. The highest BCUT2D eigenvalue weighted by Gasteiger charge is 2.32. The number of amides is 1. The van der Waals surface area contributed by atoms with Crippen molar-refractivity contribution < 1.29 is 19.1 Å². The zero-order valence-electron chi connectivity index (χ0n) is 11.8. The van der Waals surface area contributed by atoms with Gasteiger partial charge in [0.1, 0.15) is 12.1 Å². The summed E-state index contributed by atoms with van der Waals surface area (Å²) in [7, 11) is 0. The van der Waals surface area contributed by atoms with Crippen molar-refractivity contribution in [1.82, 2.24) is 9.88 Å². The van der Waals surface area contributed by atoms with Crippen molar-refractivity contribution >= 4 is 23.0 Å². The van der Waals surface area contributed by atoms with Crippen LogP contribution in [0.25, 0.3) is 11.1 Å². The fourth-order valence-electron chi connectivity index (χ4n) is 1.95. The van der Waals surface area contributed by atoms with Gasteiger partial charge in [-0.1, -0.05) is 19.1 Å². The molecule has 1 aromatic heterocycles. The van der Waals surface area contributed by atoms with Gasteiger partial charge in [0.2, 0.25) is 5.91 Å². The Labute approximate surface area is 120 Å². The number of carbonyl (C=O) groups is 2. The molecule has 1 heterocycles. The summed E-state index contributed by atoms with van der Waals surface area (Å²) < 4.78 is 6.18. The summed E-state index contributed by atoms with van der Waals surface area (Å²) >= 11 is 0. The molecule has 7 nitrogen and oxygen atoms in total. The summed E-state index contributed by atoms with van der Waals surface area (Å²) in [6.07, 6.45) is 0.231. The molecule has 7 heteroatoms. The Morgan fingerprint density at radius 1 is 1.38 bits per heavy atom. The summed E-state index contributed by atoms with van der Waals surface area (Å²) in [6.45, 7) is 2.79. The second-order valence-electron chi connectivity index (χ2n) is 4.96. The summed E-state index contributed by atoms with van der Waals surface area (Å²) in [6, 6.07) is 6.72. The standard InChI is InChI=1S/C14H16N2O5/c1-3-14(2,12(18)19)15-11(17)8-16-9-6-4-5-7-10(9)21-13(16)20/h4-7H,3,8H2,1-2H3,(H,15,17)(H,18,19). The van der Waals surface area contributed by atoms with E-state index < -0.39 is 23.2 Å². The minimum atomic E-state index is -1.36. The van der Waals surface area contributed by atoms with Gasteiger partial charge in [-0.05, 0) is 25.5 Å². The lowest BCUT2D eigenvalue weighted by Crippen LogP contribution is -2.52. The summed E-state index contributed by atoms with van der Waals surface area (Å²) in [4.78, 5) is 34.9. The molecule has 0 saturated heterocycles. The van der Waals surface area contributed by atoms with Gasteiger partial charge in [0.15, 0.2) is 5.58 Å². The van der Waals surface area contributed by atoms with Crippen LogP contribution in [0.3, 0.4) is 0 Å². The van der Waals surface area contributed by atoms with Gasteiger partial charge in [-0.25, -0.2) is 9.59 Å². The number of carbonyl (C=O) groups excluding carboxylic acids is 1. The van der Waals surface area contributed by atoms with Crippen LogP contribution in [0.15, 0.2) is 33.5 Å². The van der Waals surface area contributed by atoms with E-state index in [0.717, 1.165) is 0 Å². The van der Waals surface area contributed by atoms with E-state index in [0.29, 0.717) is 11.1 Å². The maximum Gasteiger partial charge on any atom is 0.420 e. The number of aliphatic carboxylic acids is 1. The van der Waals surface area contributed by atoms with E-state index >= 15 is 0 Å². The number of carboxylic acids is 1. The maximum atomic E-state index is 12.0. The van der Waals surface area contributed by atoms with Crippen molar-refractivity contribution in [2.75, 3.05) is 0 Å². The van der Waals surface area contributed by atoms with Gasteiger partial charge in [-0.3, -0.25) is 9.36 Å². The number of para-hydroxylation sites is 2. The van der Waals surface area contributed by atoms with Crippen LogP contribution < -0.4 is 11.1 Å². The first-order valence-electron chi connectivity index (χ1n) is 6.50. The third kappa shape index (κ3) is 2.81. The number of benzene rings is 1. The summed E-state index contributed by atoms with van der Waals surface area (Å²) in [5, 5.41) is 11.6. The number of rotatable bonds is 5. The zero-order valence-corrected chi connectivity index (χ0v) is 11.8. The van der Waals surface area contributed by atoms with Gasteiger partial charge in [0, 0.05) is 0 Å². The van der Waals surface area contributed by atoms with Gasteiger partial charge in [0.05, 0.1) is 5.52 Å². The van der Waals surface area contributed by atoms with Crippen LogP contribution in [-0.2, 0) is 16.1 Å². The van der Waals surface area contributed by atoms with Gasteiger partial charge in [0.25, 0.3) is 0 Å². The highest BCUT2D eigenvalue weighted by atomic mass is 16.4. The predicted molar refractivity (Wildman–Crippen MR) is 74.9 cm³/mol. The van der Waals surface area contributed by atoms with Crippen molar-refractivity contribution in [3.63, 3.8) is 0 Å². The van der Waals surface area contributed by atoms with E-state index in [1.54, 1.807) is 31.2 Å². The second-order valence-corrected chi connectivity index (χ2v) is 4.96. The normalized spacial score (nSPS) is 13.8. The maximum absolute atomic E-state index is 12.0. The fraction of sp³-hybridized carbons (Fsp3) is 0.357. The van der Waals surface area contributed by atoms with Crippen molar-refractivity contribution in [1.29, 1.82) is 0 Å². The van der Waals surface area contributed by atoms with Gasteiger partial charge >= 0.3 is 11.7 Å². The number of oxazole rings is 1. The first-order chi connectivity index (χ1) is 9.87. The van der Waals surface area contributed by atoms with E-state index in [9.17, 15) is 14.4 Å². The summed E-state index contributed by atoms with van der Waals surface area (Å²) in [5.41, 5.74) is -0.488. The molecule has 0 bridgehead atoms. The molecule has 112 valence electrons. The number of nitrogens with zero attached hydrogens (tertiary/aromatic N) is 1. The minimum Gasteiger partial charge on any atom is -0.480 e. The molecule has 0 aliphatic rings. The number of hydrogen-bond acceptors (Lipinski definition) is 4. The molecule has 1 unspecified atom stereocenters. The molecular weight excluding hydrogens is 276 g/mol. The minimum absolute atomic E-state index is 0.231. The molecule has 1 amide bonds. The number of nitrogens with one attached hydrogen (secondary N) is 1. The number of hydrogen-bond donors (Lipinski definition) is 2. The Hall–Kier alpha value is -2.57. The van der Waals surface area contributed by atoms with Gasteiger partial charge < -0.3 is 14.8 Å². The Kier molecular flexibility index (Phi) is 3.84. The Balaban J connectivity index is 2.25. The first-order valence-corrected chi connectivity index (χ1v) is 6.50. The van der Waals surface area contributed by atoms with Gasteiger partial charge in [-0.2, -0.15) is 0 Å². The monoisotopic (exact) mass is 292 g/mol. The Morgan fingerprint density at radius 3 is 2.67 bits per heavy atom. The van der Waals surface area contributed by atoms with Crippen molar-refractivity contribution in [2.24, 2.45) is 0 Å². The molecule has 2 rings (SSSR count). The molecule has 0 spiro atoms. The molecule has 21 heavy (non-hydrogen) atoms. The van der Waals surface area contributed by atoms with Crippen LogP contribution in [0, 0.1) is 0 Å². The quantitative estimate of drug-likeness (QED) is 0.854. The Bertz CT molecular complexity index is 745. The van der Waals surface area contributed by atoms with Crippen LogP contribution in [0.4, 0.5) is 0 Å². The molecule has 0 aliphatic carbocycles. The highest BCUT2D eigenvalue weighted by Crippen LogP contribution is 2.12. The van der Waals surface area contributed by atoms with Gasteiger partial charge in [-0.15, -0.1) is 0 Å². The number of fused-ring (bicyclic) bond motifs is 1. The lowest BCUT2D eigenvalue weighted by atomic mass is 9.99. The van der Waals surface area contributed by atoms with Crippen LogP contribution in [0.5, 0.6) is 0 Å². The van der Waals surface area contributed by atoms with E-state index in [1.807, 2.05) is 0 Å². The van der Waals surface area contributed by atoms with E-state index in [4.69, 9.17) is 9.52 Å². The number of carboxylic acid groups (broad SMARTS) is 1. The van der Waals surface area contributed by atoms with E-state index in [-0.39, 0.29) is 13.0 Å². The first kappa shape index (κ1) is 14.8. The van der Waals surface area contributed by atoms with Crippen LogP contribution in [-0.4, -0.2) is 27.1 Å². The average Bonchev–Trinajstić information content (AvgIpc) is 2.75. The van der Waals surface area contributed by atoms with E-state index in [2.05, 4.69) is 5.32 Å². The second kappa shape index (κ2) is 5.43. The lowest BCUT2D eigenvalue weighted by Gasteiger charge is -2.24. The zero-order chi connectivity index (χ0) is 15.6. The van der Waals surface area contributed by atoms with Crippen LogP contribution >= 0.6 is 0 Å². The SMILES string of the molecule is CCC(C)(NC(=O)Cn1c(=O)oc2ccccc21)C(=O)O. The highest BCUT2D eigenvalue weighted by molar-refractivity contribution is 5.87. The van der Waals surface area contributed by atoms with E-state index in [1.165, 1.54) is 11.5 Å². The van der Waals surface area contributed by atoms with Crippen LogP contribution in [0.2, 0.25) is 0 Å². The van der Waals surface area contributed by atoms with Crippen LogP contribution in [0.1, 0.15) is 20.3 Å². The smallest absolute Gasteiger partial charge is 0.420 e. The molecule has 0 aliphatic heterocycles. The van der Waals surface area contributed by atoms with Crippen molar-refractivity contribution in [2.45, 2.75) is 32.4 Å².